The largest absolute Gasteiger partial charge is 0.463 e. The van der Waals surface area contributed by atoms with Crippen LogP contribution < -0.4 is 11.0 Å². The van der Waals surface area contributed by atoms with Gasteiger partial charge in [0.25, 0.3) is 0 Å². The highest BCUT2D eigenvalue weighted by Crippen LogP contribution is 2.32. The quantitative estimate of drug-likeness (QED) is 0.565. The zero-order valence-electron chi connectivity index (χ0n) is 17.2. The molecule has 1 aliphatic carbocycles. The Morgan fingerprint density at radius 1 is 1.33 bits per heavy atom. The van der Waals surface area contributed by atoms with Crippen LogP contribution in [0.2, 0.25) is 0 Å². The highest BCUT2D eigenvalue weighted by molar-refractivity contribution is 5.94. The molecule has 0 bridgehead atoms. The molecule has 1 aliphatic heterocycles. The minimum absolute atomic E-state index is 0.0639. The van der Waals surface area contributed by atoms with Crippen LogP contribution in [0.4, 0.5) is 5.82 Å². The van der Waals surface area contributed by atoms with Gasteiger partial charge in [-0.2, -0.15) is 4.98 Å². The number of nitrogens with zero attached hydrogens (tertiary/aromatic N) is 2. The minimum atomic E-state index is -0.947. The number of nitrogens with one attached hydrogen (secondary N) is 1. The van der Waals surface area contributed by atoms with Crippen LogP contribution in [0.15, 0.2) is 17.1 Å². The molecule has 1 saturated carbocycles. The molecule has 10 nitrogen and oxygen atoms in total. The van der Waals surface area contributed by atoms with Gasteiger partial charge in [-0.3, -0.25) is 14.2 Å². The maximum Gasteiger partial charge on any atom is 0.351 e. The summed E-state index contributed by atoms with van der Waals surface area (Å²) < 4.78 is 11.9. The Hall–Kier alpha value is -2.30. The third-order valence-corrected chi connectivity index (χ3v) is 5.48. The zero-order valence-corrected chi connectivity index (χ0v) is 17.2. The highest BCUT2D eigenvalue weighted by Gasteiger charge is 2.38. The topological polar surface area (TPSA) is 140 Å². The fourth-order valence-corrected chi connectivity index (χ4v) is 4.04. The molecule has 10 heteroatoms. The lowest BCUT2D eigenvalue weighted by molar-refractivity contribution is -0.157. The average molecular weight is 423 g/mol. The van der Waals surface area contributed by atoms with Crippen molar-refractivity contribution < 1.29 is 29.3 Å². The molecule has 2 aliphatic rings. The monoisotopic (exact) mass is 423 g/mol. The maximum absolute atomic E-state index is 12.8. The molecule has 3 rings (SSSR count). The molecule has 0 radical (unpaired) electrons. The van der Waals surface area contributed by atoms with E-state index in [0.29, 0.717) is 12.8 Å². The maximum atomic E-state index is 12.8. The Bertz CT molecular complexity index is 825. The Morgan fingerprint density at radius 3 is 2.63 bits per heavy atom. The Morgan fingerprint density at radius 2 is 2.03 bits per heavy atom. The van der Waals surface area contributed by atoms with Gasteiger partial charge in [0.2, 0.25) is 5.91 Å². The molecule has 2 heterocycles. The summed E-state index contributed by atoms with van der Waals surface area (Å²) in [4.78, 5) is 41.4. The van der Waals surface area contributed by atoms with Gasteiger partial charge in [0.05, 0.1) is 30.7 Å². The van der Waals surface area contributed by atoms with Crippen molar-refractivity contribution in [3.63, 3.8) is 0 Å². The second-order valence-corrected chi connectivity index (χ2v) is 8.11. The van der Waals surface area contributed by atoms with E-state index >= 15 is 0 Å². The van der Waals surface area contributed by atoms with Gasteiger partial charge in [0.1, 0.15) is 11.9 Å². The van der Waals surface area contributed by atoms with E-state index in [0.717, 1.165) is 17.4 Å². The lowest BCUT2D eigenvalue weighted by atomic mass is 9.78. The number of aliphatic hydroxyl groups excluding tert-OH is 2. The molecule has 5 unspecified atom stereocenters. The standard InChI is InChI=1S/C20H29N3O7/c1-11(2)29-19(27)14-6-4-3-5-13(14)17(26)21-16-7-8-23(20(28)22-16)18-15(25)9-12(10-24)30-18/h7-8,11-15,18,24-25H,3-6,9-10H2,1-2H3,(H,21,22,26,28). The number of amides is 1. The molecule has 0 aromatic carbocycles. The van der Waals surface area contributed by atoms with E-state index < -0.39 is 36.0 Å². The second-order valence-electron chi connectivity index (χ2n) is 8.11. The summed E-state index contributed by atoms with van der Waals surface area (Å²) in [5.74, 6) is -1.74. The van der Waals surface area contributed by atoms with Crippen molar-refractivity contribution in [3.8, 4) is 0 Å². The van der Waals surface area contributed by atoms with Gasteiger partial charge < -0.3 is 25.0 Å². The number of hydrogen-bond acceptors (Lipinski definition) is 8. The zero-order chi connectivity index (χ0) is 21.8. The third-order valence-electron chi connectivity index (χ3n) is 5.48. The van der Waals surface area contributed by atoms with Gasteiger partial charge in [-0.15, -0.1) is 0 Å². The van der Waals surface area contributed by atoms with Crippen LogP contribution in [-0.4, -0.2) is 56.6 Å². The SMILES string of the molecule is CC(C)OC(=O)C1CCCCC1C(=O)Nc1ccn(C2OC(CO)CC2O)c(=O)n1. The van der Waals surface area contributed by atoms with Crippen LogP contribution >= 0.6 is 0 Å². The fourth-order valence-electron chi connectivity index (χ4n) is 4.04. The van der Waals surface area contributed by atoms with E-state index in [4.69, 9.17) is 9.47 Å². The summed E-state index contributed by atoms with van der Waals surface area (Å²) in [7, 11) is 0. The predicted octanol–water partition coefficient (Wildman–Crippen LogP) is 0.580. The first kappa shape index (κ1) is 22.4. The van der Waals surface area contributed by atoms with Crippen LogP contribution in [0, 0.1) is 11.8 Å². The number of ether oxygens (including phenoxy) is 2. The van der Waals surface area contributed by atoms with E-state index in [1.807, 2.05) is 0 Å². The first-order valence-electron chi connectivity index (χ1n) is 10.3. The molecule has 2 fully saturated rings. The number of aliphatic hydroxyl groups is 2. The first-order valence-corrected chi connectivity index (χ1v) is 10.3. The van der Waals surface area contributed by atoms with Gasteiger partial charge in [-0.05, 0) is 32.8 Å². The van der Waals surface area contributed by atoms with Gasteiger partial charge >= 0.3 is 11.7 Å². The van der Waals surface area contributed by atoms with Crippen molar-refractivity contribution in [1.29, 1.82) is 0 Å². The van der Waals surface area contributed by atoms with E-state index in [1.165, 1.54) is 12.3 Å². The van der Waals surface area contributed by atoms with Gasteiger partial charge in [0, 0.05) is 12.6 Å². The molecular formula is C20H29N3O7. The third kappa shape index (κ3) is 5.05. The van der Waals surface area contributed by atoms with Crippen molar-refractivity contribution in [2.75, 3.05) is 11.9 Å². The Balaban J connectivity index is 1.69. The predicted molar refractivity (Wildman–Crippen MR) is 105 cm³/mol. The molecule has 0 spiro atoms. The second kappa shape index (κ2) is 9.67. The summed E-state index contributed by atoms with van der Waals surface area (Å²) in [6.07, 6.45) is 1.73. The molecule has 1 aromatic rings. The molecule has 1 amide bonds. The van der Waals surface area contributed by atoms with Crippen LogP contribution in [0.5, 0.6) is 0 Å². The minimum Gasteiger partial charge on any atom is -0.463 e. The molecule has 30 heavy (non-hydrogen) atoms. The number of rotatable bonds is 6. The molecule has 3 N–H and O–H groups in total. The van der Waals surface area contributed by atoms with Crippen molar-refractivity contribution in [1.82, 2.24) is 9.55 Å². The first-order chi connectivity index (χ1) is 14.3. The Kier molecular flexibility index (Phi) is 7.22. The number of hydrogen-bond donors (Lipinski definition) is 3. The summed E-state index contributed by atoms with van der Waals surface area (Å²) in [5, 5.41) is 21.9. The van der Waals surface area contributed by atoms with Crippen LogP contribution in [0.25, 0.3) is 0 Å². The van der Waals surface area contributed by atoms with Gasteiger partial charge in [-0.25, -0.2) is 4.79 Å². The molecule has 1 saturated heterocycles. The van der Waals surface area contributed by atoms with Gasteiger partial charge in [-0.1, -0.05) is 12.8 Å². The van der Waals surface area contributed by atoms with Crippen LogP contribution in [-0.2, 0) is 19.1 Å². The summed E-state index contributed by atoms with van der Waals surface area (Å²) in [6.45, 7) is 3.27. The molecule has 166 valence electrons. The summed E-state index contributed by atoms with van der Waals surface area (Å²) in [5.41, 5.74) is -0.699. The summed E-state index contributed by atoms with van der Waals surface area (Å²) in [6, 6.07) is 1.44. The number of carbonyl (C=O) groups excluding carboxylic acids is 2. The highest BCUT2D eigenvalue weighted by atomic mass is 16.5. The molecular weight excluding hydrogens is 394 g/mol. The van der Waals surface area contributed by atoms with E-state index in [-0.39, 0.29) is 36.8 Å². The number of anilines is 1. The number of esters is 1. The van der Waals surface area contributed by atoms with Crippen LogP contribution in [0.1, 0.15) is 52.2 Å². The smallest absolute Gasteiger partial charge is 0.351 e. The van der Waals surface area contributed by atoms with E-state index in [1.54, 1.807) is 13.8 Å². The lowest BCUT2D eigenvalue weighted by Gasteiger charge is -2.29. The van der Waals surface area contributed by atoms with Crippen molar-refractivity contribution in [3.05, 3.63) is 22.7 Å². The van der Waals surface area contributed by atoms with Crippen molar-refractivity contribution in [2.45, 2.75) is 70.5 Å². The van der Waals surface area contributed by atoms with Crippen molar-refractivity contribution >= 4 is 17.7 Å². The van der Waals surface area contributed by atoms with Gasteiger partial charge in [0.15, 0.2) is 6.23 Å². The Labute approximate surface area is 174 Å². The van der Waals surface area contributed by atoms with E-state index in [2.05, 4.69) is 10.3 Å². The number of aromatic nitrogens is 2. The molecule has 1 aromatic heterocycles. The molecule has 5 atom stereocenters. The lowest BCUT2D eigenvalue weighted by Crippen LogP contribution is -2.38. The van der Waals surface area contributed by atoms with E-state index in [9.17, 15) is 24.6 Å². The van der Waals surface area contributed by atoms with Crippen molar-refractivity contribution in [2.24, 2.45) is 11.8 Å². The normalized spacial score (nSPS) is 29.0. The van der Waals surface area contributed by atoms with Crippen LogP contribution in [0.3, 0.4) is 0 Å². The number of carbonyl (C=O) groups is 2. The fraction of sp³-hybridized carbons (Fsp3) is 0.700. The average Bonchev–Trinajstić information content (AvgIpc) is 3.08. The summed E-state index contributed by atoms with van der Waals surface area (Å²) >= 11 is 0.